The Morgan fingerprint density at radius 3 is 2.52 bits per heavy atom. The number of nitro groups is 1. The predicted molar refractivity (Wildman–Crippen MR) is 99.1 cm³/mol. The third kappa shape index (κ3) is 5.96. The molecule has 0 bridgehead atoms. The number of rotatable bonds is 7. The van der Waals surface area contributed by atoms with E-state index in [4.69, 9.17) is 21.1 Å². The molecule has 1 amide bonds. The van der Waals surface area contributed by atoms with Crippen molar-refractivity contribution in [1.29, 1.82) is 0 Å². The highest BCUT2D eigenvalue weighted by molar-refractivity contribution is 6.31. The van der Waals surface area contributed by atoms with E-state index in [1.165, 1.54) is 18.2 Å². The molecule has 1 N–H and O–H groups in total. The molecule has 2 rings (SSSR count). The van der Waals surface area contributed by atoms with Crippen LogP contribution in [-0.4, -0.2) is 30.0 Å². The Kier molecular flexibility index (Phi) is 6.73. The van der Waals surface area contributed by atoms with Crippen molar-refractivity contribution in [2.24, 2.45) is 0 Å². The van der Waals surface area contributed by atoms with E-state index in [1.54, 1.807) is 32.0 Å². The maximum Gasteiger partial charge on any atom is 0.344 e. The Bertz CT molecular complexity index is 884. The van der Waals surface area contributed by atoms with Gasteiger partial charge in [0.25, 0.3) is 11.6 Å². The van der Waals surface area contributed by atoms with E-state index in [9.17, 15) is 19.7 Å². The molecule has 0 spiro atoms. The van der Waals surface area contributed by atoms with E-state index < -0.39 is 23.4 Å². The number of halogens is 1. The monoisotopic (exact) mass is 392 g/mol. The van der Waals surface area contributed by atoms with E-state index in [-0.39, 0.29) is 18.0 Å². The van der Waals surface area contributed by atoms with Crippen LogP contribution in [0.25, 0.3) is 0 Å². The molecule has 0 saturated heterocycles. The smallest absolute Gasteiger partial charge is 0.344 e. The van der Waals surface area contributed by atoms with Gasteiger partial charge in [-0.25, -0.2) is 4.79 Å². The van der Waals surface area contributed by atoms with Gasteiger partial charge >= 0.3 is 5.97 Å². The highest BCUT2D eigenvalue weighted by Crippen LogP contribution is 2.22. The number of anilines is 1. The summed E-state index contributed by atoms with van der Waals surface area (Å²) < 4.78 is 10.1. The third-order valence-electron chi connectivity index (χ3n) is 3.56. The van der Waals surface area contributed by atoms with Gasteiger partial charge in [-0.3, -0.25) is 14.9 Å². The SMILES string of the molecule is Cc1cc(OCC(=O)OCC(=O)Nc2cc([N+](=O)[O-])ccc2C)ccc1Cl. The van der Waals surface area contributed by atoms with Crippen LogP contribution in [0.3, 0.4) is 0 Å². The molecular weight excluding hydrogens is 376 g/mol. The molecule has 0 radical (unpaired) electrons. The van der Waals surface area contributed by atoms with Crippen LogP contribution in [0.5, 0.6) is 5.75 Å². The van der Waals surface area contributed by atoms with Crippen molar-refractivity contribution < 1.29 is 24.0 Å². The van der Waals surface area contributed by atoms with Gasteiger partial charge < -0.3 is 14.8 Å². The van der Waals surface area contributed by atoms with E-state index >= 15 is 0 Å². The van der Waals surface area contributed by atoms with Crippen molar-refractivity contribution in [2.45, 2.75) is 13.8 Å². The van der Waals surface area contributed by atoms with E-state index in [0.717, 1.165) is 5.56 Å². The minimum absolute atomic E-state index is 0.153. The quantitative estimate of drug-likeness (QED) is 0.439. The van der Waals surface area contributed by atoms with E-state index in [1.807, 2.05) is 0 Å². The lowest BCUT2D eigenvalue weighted by Gasteiger charge is -2.10. The number of aryl methyl sites for hydroxylation is 2. The minimum Gasteiger partial charge on any atom is -0.482 e. The lowest BCUT2D eigenvalue weighted by Crippen LogP contribution is -2.24. The summed E-state index contributed by atoms with van der Waals surface area (Å²) in [6.45, 7) is 2.58. The van der Waals surface area contributed by atoms with Gasteiger partial charge in [-0.1, -0.05) is 17.7 Å². The summed E-state index contributed by atoms with van der Waals surface area (Å²) in [6, 6.07) is 9.02. The topological polar surface area (TPSA) is 108 Å². The van der Waals surface area contributed by atoms with Crippen molar-refractivity contribution in [2.75, 3.05) is 18.5 Å². The first-order valence-corrected chi connectivity index (χ1v) is 8.23. The fourth-order valence-electron chi connectivity index (χ4n) is 2.08. The summed E-state index contributed by atoms with van der Waals surface area (Å²) in [6.07, 6.45) is 0. The standard InChI is InChI=1S/C18H17ClN2O6/c1-11-3-4-13(21(24)25)8-16(11)20-17(22)9-27-18(23)10-26-14-5-6-15(19)12(2)7-14/h3-8H,9-10H2,1-2H3,(H,20,22). The lowest BCUT2D eigenvalue weighted by atomic mass is 10.2. The Balaban J connectivity index is 1.82. The number of nitro benzene ring substituents is 1. The number of benzene rings is 2. The molecule has 0 fully saturated rings. The maximum atomic E-state index is 11.9. The largest absolute Gasteiger partial charge is 0.482 e. The van der Waals surface area contributed by atoms with Gasteiger partial charge in [0, 0.05) is 17.2 Å². The van der Waals surface area contributed by atoms with Crippen molar-refractivity contribution in [3.8, 4) is 5.75 Å². The third-order valence-corrected chi connectivity index (χ3v) is 3.98. The van der Waals surface area contributed by atoms with Crippen LogP contribution in [0.4, 0.5) is 11.4 Å². The average Bonchev–Trinajstić information content (AvgIpc) is 2.62. The molecule has 9 heteroatoms. The molecule has 0 atom stereocenters. The van der Waals surface area contributed by atoms with Gasteiger partial charge in [0.15, 0.2) is 13.2 Å². The number of non-ortho nitro benzene ring substituents is 1. The molecule has 8 nitrogen and oxygen atoms in total. The summed E-state index contributed by atoms with van der Waals surface area (Å²) in [5.74, 6) is -0.895. The molecule has 27 heavy (non-hydrogen) atoms. The molecule has 0 heterocycles. The van der Waals surface area contributed by atoms with E-state index in [2.05, 4.69) is 5.32 Å². The second-order valence-corrected chi connectivity index (χ2v) is 6.07. The van der Waals surface area contributed by atoms with Gasteiger partial charge in [-0.15, -0.1) is 0 Å². The second kappa shape index (κ2) is 9.00. The highest BCUT2D eigenvalue weighted by atomic mass is 35.5. The highest BCUT2D eigenvalue weighted by Gasteiger charge is 2.13. The number of carbonyl (C=O) groups excluding carboxylic acids is 2. The van der Waals surface area contributed by atoms with Crippen molar-refractivity contribution >= 4 is 34.9 Å². The normalized spacial score (nSPS) is 10.2. The molecule has 0 aliphatic rings. The van der Waals surface area contributed by atoms with Crippen molar-refractivity contribution in [3.63, 3.8) is 0 Å². The van der Waals surface area contributed by atoms with Crippen LogP contribution in [0.15, 0.2) is 36.4 Å². The first-order valence-electron chi connectivity index (χ1n) is 7.85. The molecule has 0 aliphatic carbocycles. The zero-order valence-electron chi connectivity index (χ0n) is 14.7. The van der Waals surface area contributed by atoms with Gasteiger partial charge in [0.1, 0.15) is 5.75 Å². The molecular formula is C18H17ClN2O6. The average molecular weight is 393 g/mol. The van der Waals surface area contributed by atoms with Crippen LogP contribution in [0, 0.1) is 24.0 Å². The number of hydrogen-bond donors (Lipinski definition) is 1. The van der Waals surface area contributed by atoms with E-state index in [0.29, 0.717) is 16.3 Å². The number of nitrogens with one attached hydrogen (secondary N) is 1. The summed E-state index contributed by atoms with van der Waals surface area (Å²) in [7, 11) is 0. The van der Waals surface area contributed by atoms with Crippen LogP contribution in [0.2, 0.25) is 5.02 Å². The summed E-state index contributed by atoms with van der Waals surface area (Å²) >= 11 is 5.90. The fraction of sp³-hybridized carbons (Fsp3) is 0.222. The molecule has 142 valence electrons. The molecule has 0 aliphatic heterocycles. The number of carbonyl (C=O) groups is 2. The first kappa shape index (κ1) is 20.2. The van der Waals surface area contributed by atoms with Crippen LogP contribution in [0.1, 0.15) is 11.1 Å². The number of ether oxygens (including phenoxy) is 2. The maximum absolute atomic E-state index is 11.9. The van der Waals surface area contributed by atoms with Crippen molar-refractivity contribution in [3.05, 3.63) is 62.7 Å². The number of nitrogens with zero attached hydrogens (tertiary/aromatic N) is 1. The lowest BCUT2D eigenvalue weighted by molar-refractivity contribution is -0.384. The Hall–Kier alpha value is -3.13. The molecule has 0 saturated carbocycles. The Labute approximate surface area is 160 Å². The number of esters is 1. The minimum atomic E-state index is -0.728. The summed E-state index contributed by atoms with van der Waals surface area (Å²) in [5.41, 5.74) is 1.56. The summed E-state index contributed by atoms with van der Waals surface area (Å²) in [4.78, 5) is 33.8. The molecule has 2 aromatic carbocycles. The van der Waals surface area contributed by atoms with Gasteiger partial charge in [-0.2, -0.15) is 0 Å². The Morgan fingerprint density at radius 1 is 1.11 bits per heavy atom. The summed E-state index contributed by atoms with van der Waals surface area (Å²) in [5, 5.41) is 13.8. The van der Waals surface area contributed by atoms with Crippen LogP contribution in [-0.2, 0) is 14.3 Å². The molecule has 0 unspecified atom stereocenters. The number of hydrogen-bond acceptors (Lipinski definition) is 6. The van der Waals surface area contributed by atoms with Gasteiger partial charge in [0.05, 0.1) is 10.6 Å². The van der Waals surface area contributed by atoms with Gasteiger partial charge in [0.2, 0.25) is 0 Å². The zero-order chi connectivity index (χ0) is 20.0. The molecule has 0 aromatic heterocycles. The predicted octanol–water partition coefficient (Wildman–Crippen LogP) is 3.43. The van der Waals surface area contributed by atoms with Crippen LogP contribution >= 0.6 is 11.6 Å². The number of amides is 1. The fourth-order valence-corrected chi connectivity index (χ4v) is 2.20. The second-order valence-electron chi connectivity index (χ2n) is 5.66. The molecule has 2 aromatic rings. The Morgan fingerprint density at radius 2 is 1.85 bits per heavy atom. The van der Waals surface area contributed by atoms with Gasteiger partial charge in [-0.05, 0) is 43.2 Å². The zero-order valence-corrected chi connectivity index (χ0v) is 15.4. The van der Waals surface area contributed by atoms with Crippen molar-refractivity contribution in [1.82, 2.24) is 0 Å². The van der Waals surface area contributed by atoms with Crippen LogP contribution < -0.4 is 10.1 Å². The first-order chi connectivity index (χ1) is 12.8.